The van der Waals surface area contributed by atoms with Gasteiger partial charge in [0.25, 0.3) is 0 Å². The van der Waals surface area contributed by atoms with Gasteiger partial charge in [0.2, 0.25) is 5.91 Å². The average molecular weight is 306 g/mol. The summed E-state index contributed by atoms with van der Waals surface area (Å²) in [7, 11) is -3.03. The van der Waals surface area contributed by atoms with Crippen molar-refractivity contribution in [1.82, 2.24) is 5.43 Å². The number of hydrogen-bond donors (Lipinski definition) is 1. The number of aryl methyl sites for hydroxylation is 1. The first kappa shape index (κ1) is 14.3. The fourth-order valence-corrected chi connectivity index (χ4v) is 4.63. The van der Waals surface area contributed by atoms with Crippen molar-refractivity contribution in [3.8, 4) is 0 Å². The van der Waals surface area contributed by atoms with Crippen molar-refractivity contribution >= 4 is 21.5 Å². The fraction of sp³-hybridized carbons (Fsp3) is 0.467. The van der Waals surface area contributed by atoms with Gasteiger partial charge in [0.05, 0.1) is 17.4 Å². The molecule has 1 atom stereocenters. The molecule has 1 aliphatic carbocycles. The first-order valence-corrected chi connectivity index (χ1v) is 8.98. The average Bonchev–Trinajstić information content (AvgIpc) is 2.85. The lowest BCUT2D eigenvalue weighted by Gasteiger charge is -2.17. The number of carbonyl (C=O) groups excluding carboxylic acids is 1. The first-order chi connectivity index (χ1) is 10.0. The lowest BCUT2D eigenvalue weighted by molar-refractivity contribution is -0.124. The van der Waals surface area contributed by atoms with E-state index in [-0.39, 0.29) is 17.4 Å². The van der Waals surface area contributed by atoms with Crippen LogP contribution in [-0.4, -0.2) is 31.5 Å². The summed E-state index contributed by atoms with van der Waals surface area (Å²) in [4.78, 5) is 11.9. The Hall–Kier alpha value is -1.69. The molecule has 112 valence electrons. The van der Waals surface area contributed by atoms with E-state index in [2.05, 4.69) is 22.7 Å². The second-order valence-corrected chi connectivity index (χ2v) is 7.93. The lowest BCUT2D eigenvalue weighted by atomic mass is 9.90. The van der Waals surface area contributed by atoms with Crippen LogP contribution in [0.2, 0.25) is 0 Å². The molecule has 0 unspecified atom stereocenters. The molecule has 2 aliphatic rings. The van der Waals surface area contributed by atoms with Crippen LogP contribution in [-0.2, 0) is 27.5 Å². The summed E-state index contributed by atoms with van der Waals surface area (Å²) in [6.07, 6.45) is 2.92. The molecule has 1 aliphatic heterocycles. The van der Waals surface area contributed by atoms with Gasteiger partial charge >= 0.3 is 0 Å². The number of sulfone groups is 1. The lowest BCUT2D eigenvalue weighted by Crippen LogP contribution is -2.29. The predicted octanol–water partition coefficient (Wildman–Crippen LogP) is 1.08. The van der Waals surface area contributed by atoms with E-state index in [1.54, 1.807) is 0 Å². The molecule has 5 nitrogen and oxygen atoms in total. The summed E-state index contributed by atoms with van der Waals surface area (Å²) in [5, 5.41) is 4.20. The summed E-state index contributed by atoms with van der Waals surface area (Å²) in [6, 6.07) is 8.23. The largest absolute Gasteiger partial charge is 0.273 e. The number of nitrogens with one attached hydrogen (secondary N) is 1. The highest BCUT2D eigenvalue weighted by Gasteiger charge is 2.32. The second-order valence-electron chi connectivity index (χ2n) is 5.70. The zero-order chi connectivity index (χ0) is 14.9. The Labute approximate surface area is 124 Å². The molecule has 0 radical (unpaired) electrons. The standard InChI is InChI=1S/C15H18N2O3S/c18-15(13-7-8-21(19,20)10-13)17-16-14-6-5-11-3-1-2-4-12(11)9-14/h1-4,13H,5-10H2,(H,17,18)/b16-14+/t13-/m1/s1. The predicted molar refractivity (Wildman–Crippen MR) is 80.8 cm³/mol. The molecule has 1 heterocycles. The van der Waals surface area contributed by atoms with Gasteiger partial charge in [-0.2, -0.15) is 5.10 Å². The zero-order valence-corrected chi connectivity index (χ0v) is 12.5. The van der Waals surface area contributed by atoms with Crippen LogP contribution in [0.15, 0.2) is 29.4 Å². The molecule has 0 saturated carbocycles. The molecular formula is C15H18N2O3S. The van der Waals surface area contributed by atoms with E-state index in [1.807, 2.05) is 12.1 Å². The van der Waals surface area contributed by atoms with E-state index in [0.717, 1.165) is 25.0 Å². The van der Waals surface area contributed by atoms with Gasteiger partial charge in [0.15, 0.2) is 9.84 Å². The quantitative estimate of drug-likeness (QED) is 0.831. The van der Waals surface area contributed by atoms with E-state index in [9.17, 15) is 13.2 Å². The molecule has 6 heteroatoms. The highest BCUT2D eigenvalue weighted by atomic mass is 32.2. The van der Waals surface area contributed by atoms with Gasteiger partial charge in [0.1, 0.15) is 0 Å². The van der Waals surface area contributed by atoms with Gasteiger partial charge in [-0.1, -0.05) is 24.3 Å². The number of nitrogens with zero attached hydrogens (tertiary/aromatic N) is 1. The minimum absolute atomic E-state index is 0.0491. The van der Waals surface area contributed by atoms with Crippen molar-refractivity contribution in [1.29, 1.82) is 0 Å². The Balaban J connectivity index is 1.61. The molecule has 1 saturated heterocycles. The van der Waals surface area contributed by atoms with Gasteiger partial charge in [-0.3, -0.25) is 4.79 Å². The van der Waals surface area contributed by atoms with Crippen LogP contribution in [0.25, 0.3) is 0 Å². The van der Waals surface area contributed by atoms with Gasteiger partial charge < -0.3 is 0 Å². The zero-order valence-electron chi connectivity index (χ0n) is 11.7. The molecule has 0 spiro atoms. The molecule has 3 rings (SSSR count). The summed E-state index contributed by atoms with van der Waals surface area (Å²) < 4.78 is 22.7. The van der Waals surface area contributed by atoms with Crippen molar-refractivity contribution in [2.75, 3.05) is 11.5 Å². The minimum Gasteiger partial charge on any atom is -0.273 e. The number of amides is 1. The molecular weight excluding hydrogens is 288 g/mol. The Morgan fingerprint density at radius 1 is 1.19 bits per heavy atom. The third-order valence-electron chi connectivity index (χ3n) is 4.12. The molecule has 0 aromatic heterocycles. The summed E-state index contributed by atoms with van der Waals surface area (Å²) in [5.74, 6) is -0.667. The summed E-state index contributed by atoms with van der Waals surface area (Å²) in [6.45, 7) is 0. The highest BCUT2D eigenvalue weighted by Crippen LogP contribution is 2.20. The molecule has 1 aromatic rings. The van der Waals surface area contributed by atoms with E-state index in [4.69, 9.17) is 0 Å². The maximum atomic E-state index is 11.9. The fourth-order valence-electron chi connectivity index (χ4n) is 2.88. The normalized spacial score (nSPS) is 25.5. The van der Waals surface area contributed by atoms with Crippen molar-refractivity contribution < 1.29 is 13.2 Å². The van der Waals surface area contributed by atoms with Crippen LogP contribution in [0.4, 0.5) is 0 Å². The van der Waals surface area contributed by atoms with Crippen LogP contribution in [0, 0.1) is 5.92 Å². The van der Waals surface area contributed by atoms with Gasteiger partial charge in [0, 0.05) is 12.1 Å². The number of carbonyl (C=O) groups is 1. The summed E-state index contributed by atoms with van der Waals surface area (Å²) in [5.41, 5.74) is 6.08. The molecule has 1 aromatic carbocycles. The Bertz CT molecular complexity index is 695. The van der Waals surface area contributed by atoms with E-state index in [1.165, 1.54) is 11.1 Å². The monoisotopic (exact) mass is 306 g/mol. The number of hydrazone groups is 1. The van der Waals surface area contributed by atoms with E-state index < -0.39 is 15.8 Å². The first-order valence-electron chi connectivity index (χ1n) is 7.16. The molecule has 1 fully saturated rings. The molecule has 0 bridgehead atoms. The minimum atomic E-state index is -3.03. The maximum absolute atomic E-state index is 11.9. The highest BCUT2D eigenvalue weighted by molar-refractivity contribution is 7.91. The molecule has 21 heavy (non-hydrogen) atoms. The number of benzene rings is 1. The number of hydrogen-bond acceptors (Lipinski definition) is 4. The van der Waals surface area contributed by atoms with Crippen LogP contribution in [0.1, 0.15) is 24.0 Å². The van der Waals surface area contributed by atoms with Crippen LogP contribution in [0.3, 0.4) is 0 Å². The van der Waals surface area contributed by atoms with Crippen molar-refractivity contribution in [2.45, 2.75) is 25.7 Å². The van der Waals surface area contributed by atoms with Crippen LogP contribution < -0.4 is 5.43 Å². The molecule has 1 N–H and O–H groups in total. The smallest absolute Gasteiger partial charge is 0.244 e. The summed E-state index contributed by atoms with van der Waals surface area (Å²) >= 11 is 0. The number of fused-ring (bicyclic) bond motifs is 1. The molecule has 1 amide bonds. The van der Waals surface area contributed by atoms with Crippen LogP contribution in [0.5, 0.6) is 0 Å². The van der Waals surface area contributed by atoms with Gasteiger partial charge in [-0.15, -0.1) is 0 Å². The van der Waals surface area contributed by atoms with E-state index >= 15 is 0 Å². The topological polar surface area (TPSA) is 75.6 Å². The van der Waals surface area contributed by atoms with Crippen molar-refractivity contribution in [3.63, 3.8) is 0 Å². The Kier molecular flexibility index (Phi) is 3.80. The third-order valence-corrected chi connectivity index (χ3v) is 5.89. The number of rotatable bonds is 2. The Morgan fingerprint density at radius 3 is 2.67 bits per heavy atom. The van der Waals surface area contributed by atoms with Crippen molar-refractivity contribution in [2.24, 2.45) is 11.0 Å². The second kappa shape index (κ2) is 5.60. The van der Waals surface area contributed by atoms with E-state index in [0.29, 0.717) is 6.42 Å². The maximum Gasteiger partial charge on any atom is 0.244 e. The Morgan fingerprint density at radius 2 is 1.95 bits per heavy atom. The van der Waals surface area contributed by atoms with Crippen LogP contribution >= 0.6 is 0 Å². The SMILES string of the molecule is O=C(N/N=C1\CCc2ccccc2C1)[C@@H]1CCS(=O)(=O)C1. The van der Waals surface area contributed by atoms with Crippen molar-refractivity contribution in [3.05, 3.63) is 35.4 Å². The van der Waals surface area contributed by atoms with Gasteiger partial charge in [-0.25, -0.2) is 13.8 Å². The third kappa shape index (κ3) is 3.32. The van der Waals surface area contributed by atoms with Gasteiger partial charge in [-0.05, 0) is 30.4 Å².